The van der Waals surface area contributed by atoms with Crippen molar-refractivity contribution >= 4 is 16.0 Å². The van der Waals surface area contributed by atoms with E-state index in [4.69, 9.17) is 0 Å². The minimum absolute atomic E-state index is 0.287. The molecular weight excluding hydrogens is 534 g/mol. The summed E-state index contributed by atoms with van der Waals surface area (Å²) in [5.41, 5.74) is 0. The number of allylic oxidation sites excluding steroid dienone is 3. The molecule has 0 spiro atoms. The summed E-state index contributed by atoms with van der Waals surface area (Å²) < 4.78 is 32.2. The van der Waals surface area contributed by atoms with Crippen LogP contribution in [0.15, 0.2) is 24.3 Å². The highest BCUT2D eigenvalue weighted by Gasteiger charge is 2.24. The average molecular weight is 600 g/mol. The molecule has 0 aromatic heterocycles. The molecule has 3 N–H and O–H groups in total. The number of nitrogens with one attached hydrogen (secondary N) is 1. The van der Waals surface area contributed by atoms with Crippen LogP contribution >= 0.6 is 0 Å². The average Bonchev–Trinajstić information content (AvgIpc) is 2.92. The first kappa shape index (κ1) is 39.8. The third-order valence-electron chi connectivity index (χ3n) is 7.62. The van der Waals surface area contributed by atoms with Crippen molar-refractivity contribution in [3.63, 3.8) is 0 Å². The summed E-state index contributed by atoms with van der Waals surface area (Å²) in [6.07, 6.45) is 34.5. The monoisotopic (exact) mass is 599 g/mol. The van der Waals surface area contributed by atoms with Gasteiger partial charge in [-0.25, -0.2) is 0 Å². The maximum Gasteiger partial charge on any atom is 0.267 e. The highest BCUT2D eigenvalue weighted by atomic mass is 32.2. The Morgan fingerprint density at radius 1 is 0.634 bits per heavy atom. The Balaban J connectivity index is 4.01. The summed E-state index contributed by atoms with van der Waals surface area (Å²) >= 11 is 0. The molecule has 7 heteroatoms. The molecule has 0 bridgehead atoms. The van der Waals surface area contributed by atoms with E-state index in [9.17, 15) is 22.9 Å². The Morgan fingerprint density at radius 2 is 1.02 bits per heavy atom. The molecule has 0 saturated carbocycles. The largest absolute Gasteiger partial charge is 0.387 e. The van der Waals surface area contributed by atoms with Crippen LogP contribution in [0.5, 0.6) is 0 Å². The van der Waals surface area contributed by atoms with Gasteiger partial charge in [0, 0.05) is 6.42 Å². The molecule has 2 unspecified atom stereocenters. The summed E-state index contributed by atoms with van der Waals surface area (Å²) in [4.78, 5) is 12.4. The van der Waals surface area contributed by atoms with E-state index in [0.717, 1.165) is 57.8 Å². The van der Waals surface area contributed by atoms with Gasteiger partial charge in [-0.1, -0.05) is 141 Å². The second-order valence-corrected chi connectivity index (χ2v) is 13.3. The molecule has 0 rings (SSSR count). The van der Waals surface area contributed by atoms with E-state index in [2.05, 4.69) is 31.3 Å². The summed E-state index contributed by atoms with van der Waals surface area (Å²) in [5.74, 6) is -0.989. The molecule has 41 heavy (non-hydrogen) atoms. The third kappa shape index (κ3) is 30.1. The van der Waals surface area contributed by atoms with Crippen LogP contribution in [0.3, 0.4) is 0 Å². The predicted molar refractivity (Wildman–Crippen MR) is 175 cm³/mol. The van der Waals surface area contributed by atoms with Crippen molar-refractivity contribution < 1.29 is 22.9 Å². The quantitative estimate of drug-likeness (QED) is 0.0434. The molecule has 2 atom stereocenters. The van der Waals surface area contributed by atoms with Crippen LogP contribution in [0.2, 0.25) is 0 Å². The highest BCUT2D eigenvalue weighted by Crippen LogP contribution is 2.12. The molecular formula is C34H65NO5S. The first-order chi connectivity index (χ1) is 19.8. The predicted octanol–water partition coefficient (Wildman–Crippen LogP) is 9.23. The topological polar surface area (TPSA) is 104 Å². The lowest BCUT2D eigenvalue weighted by Gasteiger charge is -2.21. The summed E-state index contributed by atoms with van der Waals surface area (Å²) in [6.45, 7) is 4.47. The van der Waals surface area contributed by atoms with Crippen LogP contribution in [0.25, 0.3) is 0 Å². The van der Waals surface area contributed by atoms with Crippen molar-refractivity contribution in [3.8, 4) is 0 Å². The van der Waals surface area contributed by atoms with Gasteiger partial charge in [-0.3, -0.25) is 9.35 Å². The lowest BCUT2D eigenvalue weighted by Crippen LogP contribution is -2.46. The molecule has 6 nitrogen and oxygen atoms in total. The normalized spacial score (nSPS) is 13.8. The summed E-state index contributed by atoms with van der Waals surface area (Å²) in [6, 6.07) is -1.06. The zero-order chi connectivity index (χ0) is 30.4. The van der Waals surface area contributed by atoms with Crippen LogP contribution in [0, 0.1) is 0 Å². The van der Waals surface area contributed by atoms with Crippen LogP contribution in [-0.2, 0) is 14.9 Å². The number of amides is 1. The van der Waals surface area contributed by atoms with Crippen LogP contribution in [0.1, 0.15) is 168 Å². The van der Waals surface area contributed by atoms with E-state index in [-0.39, 0.29) is 12.3 Å². The van der Waals surface area contributed by atoms with Crippen LogP contribution < -0.4 is 5.32 Å². The van der Waals surface area contributed by atoms with E-state index in [0.29, 0.717) is 0 Å². The molecule has 0 aromatic carbocycles. The van der Waals surface area contributed by atoms with Crippen LogP contribution in [0.4, 0.5) is 0 Å². The molecule has 0 saturated heterocycles. The van der Waals surface area contributed by atoms with Gasteiger partial charge in [-0.15, -0.1) is 0 Å². The second-order valence-electron chi connectivity index (χ2n) is 11.8. The molecule has 242 valence electrons. The SMILES string of the molecule is CCCCCCCCC/C=C\CCCCCCCC(=O)NC(CS(=O)(=O)O)C(O)/C=C/CCCCCCCCCC. The van der Waals surface area contributed by atoms with Crippen molar-refractivity contribution in [2.24, 2.45) is 0 Å². The van der Waals surface area contributed by atoms with Gasteiger partial charge in [0.15, 0.2) is 0 Å². The summed E-state index contributed by atoms with van der Waals surface area (Å²) in [5, 5.41) is 13.1. The minimum atomic E-state index is -4.33. The van der Waals surface area contributed by atoms with Crippen molar-refractivity contribution in [1.29, 1.82) is 0 Å². The van der Waals surface area contributed by atoms with E-state index in [1.807, 2.05) is 6.08 Å². The minimum Gasteiger partial charge on any atom is -0.387 e. The maximum atomic E-state index is 12.4. The standard InChI is InChI=1S/C34H65NO5S/c1-3-5-7-9-11-13-15-16-17-18-19-20-22-24-26-28-30-34(37)35-32(31-41(38,39)40)33(36)29-27-25-23-21-14-12-10-8-6-4-2/h17-18,27,29,32-33,36H,3-16,19-26,28,30-31H2,1-2H3,(H,35,37)(H,38,39,40)/b18-17-,29-27+. The second kappa shape index (κ2) is 28.9. The Labute approximate surface area is 254 Å². The molecule has 0 radical (unpaired) electrons. The number of unbranched alkanes of at least 4 members (excludes halogenated alkanes) is 20. The fraction of sp³-hybridized carbons (Fsp3) is 0.853. The number of rotatable bonds is 30. The molecule has 0 heterocycles. The first-order valence-electron chi connectivity index (χ1n) is 17.0. The number of hydrogen-bond acceptors (Lipinski definition) is 4. The number of carbonyl (C=O) groups is 1. The van der Waals surface area contributed by atoms with Crippen molar-refractivity contribution in [3.05, 3.63) is 24.3 Å². The van der Waals surface area contributed by atoms with E-state index in [1.165, 1.54) is 89.9 Å². The number of hydrogen-bond donors (Lipinski definition) is 3. The Bertz CT molecular complexity index is 750. The third-order valence-corrected chi connectivity index (χ3v) is 8.40. The van der Waals surface area contributed by atoms with Gasteiger partial charge in [0.25, 0.3) is 10.1 Å². The van der Waals surface area contributed by atoms with E-state index >= 15 is 0 Å². The molecule has 0 aliphatic heterocycles. The Kier molecular flexibility index (Phi) is 28.1. The summed E-state index contributed by atoms with van der Waals surface area (Å²) in [7, 11) is -4.33. The zero-order valence-electron chi connectivity index (χ0n) is 26.7. The number of aliphatic hydroxyl groups excluding tert-OH is 1. The molecule has 0 aliphatic carbocycles. The lowest BCUT2D eigenvalue weighted by molar-refractivity contribution is -0.122. The van der Waals surface area contributed by atoms with Gasteiger partial charge in [-0.2, -0.15) is 8.42 Å². The Morgan fingerprint density at radius 3 is 1.46 bits per heavy atom. The van der Waals surface area contributed by atoms with Gasteiger partial charge in [0.2, 0.25) is 5.91 Å². The fourth-order valence-electron chi connectivity index (χ4n) is 5.03. The zero-order valence-corrected chi connectivity index (χ0v) is 27.5. The van der Waals surface area contributed by atoms with Crippen molar-refractivity contribution in [2.45, 2.75) is 180 Å². The molecule has 0 aliphatic rings. The molecule has 1 amide bonds. The van der Waals surface area contributed by atoms with Gasteiger partial charge in [-0.05, 0) is 44.9 Å². The van der Waals surface area contributed by atoms with Crippen molar-refractivity contribution in [2.75, 3.05) is 5.75 Å². The Hall–Kier alpha value is -1.18. The van der Waals surface area contributed by atoms with Gasteiger partial charge in [0.1, 0.15) is 0 Å². The van der Waals surface area contributed by atoms with Crippen molar-refractivity contribution in [1.82, 2.24) is 5.32 Å². The molecule has 0 fully saturated rings. The highest BCUT2D eigenvalue weighted by molar-refractivity contribution is 7.85. The number of carbonyl (C=O) groups excluding carboxylic acids is 1. The van der Waals surface area contributed by atoms with E-state index in [1.54, 1.807) is 6.08 Å². The fourth-order valence-corrected chi connectivity index (χ4v) is 5.76. The smallest absolute Gasteiger partial charge is 0.267 e. The van der Waals surface area contributed by atoms with Gasteiger partial charge < -0.3 is 10.4 Å². The van der Waals surface area contributed by atoms with Gasteiger partial charge in [0.05, 0.1) is 17.9 Å². The van der Waals surface area contributed by atoms with E-state index < -0.39 is 28.0 Å². The lowest BCUT2D eigenvalue weighted by atomic mass is 10.1. The first-order valence-corrected chi connectivity index (χ1v) is 18.6. The molecule has 0 aromatic rings. The van der Waals surface area contributed by atoms with Gasteiger partial charge >= 0.3 is 0 Å². The van der Waals surface area contributed by atoms with Crippen LogP contribution in [-0.4, -0.2) is 41.9 Å². The maximum absolute atomic E-state index is 12.4. The number of aliphatic hydroxyl groups is 1.